The van der Waals surface area contributed by atoms with E-state index in [9.17, 15) is 4.79 Å². The highest BCUT2D eigenvalue weighted by atomic mass is 35.5. The van der Waals surface area contributed by atoms with Crippen molar-refractivity contribution >= 4 is 62.3 Å². The number of amides is 1. The molecular formula is C30H24ClN5O2S. The van der Waals surface area contributed by atoms with E-state index in [2.05, 4.69) is 27.7 Å². The van der Waals surface area contributed by atoms with Gasteiger partial charge in [0, 0.05) is 28.2 Å². The van der Waals surface area contributed by atoms with Gasteiger partial charge in [0.2, 0.25) is 5.17 Å². The lowest BCUT2D eigenvalue weighted by molar-refractivity contribution is -0.114. The highest BCUT2D eigenvalue weighted by Gasteiger charge is 2.36. The molecule has 3 heterocycles. The largest absolute Gasteiger partial charge is 0.491 e. The number of thioether (sulfide) groups is 1. The second kappa shape index (κ2) is 10.2. The van der Waals surface area contributed by atoms with Crippen LogP contribution in [-0.4, -0.2) is 38.1 Å². The van der Waals surface area contributed by atoms with E-state index in [-0.39, 0.29) is 11.4 Å². The summed E-state index contributed by atoms with van der Waals surface area (Å²) in [4.78, 5) is 17.3. The van der Waals surface area contributed by atoms with Crippen LogP contribution in [0.1, 0.15) is 22.3 Å². The van der Waals surface area contributed by atoms with Gasteiger partial charge in [-0.25, -0.2) is 0 Å². The molecule has 1 amide bonds. The number of benzene rings is 3. The maximum Gasteiger partial charge on any atom is 0.283 e. The second-order valence-corrected chi connectivity index (χ2v) is 10.7. The van der Waals surface area contributed by atoms with E-state index < -0.39 is 5.91 Å². The lowest BCUT2D eigenvalue weighted by Crippen LogP contribution is -2.35. The Balaban J connectivity index is 1.28. The molecule has 0 atom stereocenters. The fraction of sp³-hybridized carbons (Fsp3) is 0.133. The number of nitrogens with zero attached hydrogens (tertiary/aromatic N) is 4. The Kier molecular flexibility index (Phi) is 6.58. The van der Waals surface area contributed by atoms with Crippen LogP contribution in [0, 0.1) is 19.3 Å². The number of carbonyl (C=O) groups excluding carboxylic acids is 1. The van der Waals surface area contributed by atoms with Crippen LogP contribution in [0.5, 0.6) is 5.75 Å². The second-order valence-electron chi connectivity index (χ2n) is 9.32. The van der Waals surface area contributed by atoms with Crippen molar-refractivity contribution in [3.05, 3.63) is 106 Å². The van der Waals surface area contributed by atoms with E-state index in [1.54, 1.807) is 12.1 Å². The Labute approximate surface area is 235 Å². The van der Waals surface area contributed by atoms with Gasteiger partial charge < -0.3 is 9.30 Å². The maximum absolute atomic E-state index is 13.0. The molecule has 0 aliphatic carbocycles. The molecule has 0 spiro atoms. The SMILES string of the molecule is Cc1ccc(OCCn2cc(/C=C3/C(=N)N4N=C(c5ccccc5Cl)SC4=NC3=O)c3ccccc32)c(C)c1. The van der Waals surface area contributed by atoms with Crippen LogP contribution < -0.4 is 4.74 Å². The zero-order valence-corrected chi connectivity index (χ0v) is 22.9. The number of hydrogen-bond acceptors (Lipinski definition) is 5. The highest BCUT2D eigenvalue weighted by molar-refractivity contribution is 8.27. The Bertz CT molecular complexity index is 1750. The summed E-state index contributed by atoms with van der Waals surface area (Å²) in [6.45, 7) is 5.22. The van der Waals surface area contributed by atoms with Crippen molar-refractivity contribution in [3.63, 3.8) is 0 Å². The molecule has 3 aromatic carbocycles. The fourth-order valence-electron chi connectivity index (χ4n) is 4.68. The van der Waals surface area contributed by atoms with Gasteiger partial charge >= 0.3 is 0 Å². The lowest BCUT2D eigenvalue weighted by Gasteiger charge is -2.20. The van der Waals surface area contributed by atoms with Crippen LogP contribution in [0.2, 0.25) is 5.02 Å². The maximum atomic E-state index is 13.0. The van der Waals surface area contributed by atoms with Crippen molar-refractivity contribution in [2.45, 2.75) is 20.4 Å². The number of fused-ring (bicyclic) bond motifs is 2. The molecule has 9 heteroatoms. The van der Waals surface area contributed by atoms with E-state index in [0.29, 0.717) is 28.4 Å². The van der Waals surface area contributed by atoms with Gasteiger partial charge in [0.05, 0.1) is 17.1 Å². The third-order valence-corrected chi connectivity index (χ3v) is 7.87. The fourth-order valence-corrected chi connectivity index (χ4v) is 5.89. The molecule has 2 aliphatic rings. The summed E-state index contributed by atoms with van der Waals surface area (Å²) in [7, 11) is 0. The molecule has 0 bridgehead atoms. The molecule has 194 valence electrons. The van der Waals surface area contributed by atoms with Crippen LogP contribution in [-0.2, 0) is 11.3 Å². The summed E-state index contributed by atoms with van der Waals surface area (Å²) in [6.07, 6.45) is 3.71. The van der Waals surface area contributed by atoms with Crippen molar-refractivity contribution in [2.24, 2.45) is 10.1 Å². The molecule has 1 aromatic heterocycles. The Morgan fingerprint density at radius 1 is 1.08 bits per heavy atom. The minimum atomic E-state index is -0.468. The first-order chi connectivity index (χ1) is 18.9. The minimum absolute atomic E-state index is 0.0189. The number of carbonyl (C=O) groups is 1. The number of aryl methyl sites for hydroxylation is 2. The first-order valence-corrected chi connectivity index (χ1v) is 13.6. The highest BCUT2D eigenvalue weighted by Crippen LogP contribution is 2.34. The van der Waals surface area contributed by atoms with Gasteiger partial charge in [0.1, 0.15) is 17.4 Å². The molecule has 0 radical (unpaired) electrons. The van der Waals surface area contributed by atoms with Gasteiger partial charge in [-0.1, -0.05) is 65.7 Å². The van der Waals surface area contributed by atoms with Crippen LogP contribution in [0.4, 0.5) is 0 Å². The zero-order valence-electron chi connectivity index (χ0n) is 21.3. The van der Waals surface area contributed by atoms with Crippen LogP contribution in [0.25, 0.3) is 17.0 Å². The molecule has 7 nitrogen and oxygen atoms in total. The Morgan fingerprint density at radius 3 is 2.69 bits per heavy atom. The summed E-state index contributed by atoms with van der Waals surface area (Å²) >= 11 is 7.58. The smallest absolute Gasteiger partial charge is 0.283 e. The predicted octanol–water partition coefficient (Wildman–Crippen LogP) is 6.66. The number of nitrogens with one attached hydrogen (secondary N) is 1. The standard InChI is InChI=1S/C30H24ClN5O2S/c1-18-11-12-26(19(2)15-18)38-14-13-35-17-20(21-7-4-6-10-25(21)35)16-23-27(32)36-30(33-28(23)37)39-29(34-36)22-8-3-5-9-24(22)31/h3-12,15-17,32H,13-14H2,1-2H3/b23-16-,32-27?. The van der Waals surface area contributed by atoms with E-state index in [0.717, 1.165) is 33.3 Å². The summed E-state index contributed by atoms with van der Waals surface area (Å²) in [5.41, 5.74) is 5.06. The first kappa shape index (κ1) is 25.2. The summed E-state index contributed by atoms with van der Waals surface area (Å²) < 4.78 is 8.17. The van der Waals surface area contributed by atoms with Crippen molar-refractivity contribution in [2.75, 3.05) is 6.61 Å². The predicted molar refractivity (Wildman–Crippen MR) is 159 cm³/mol. The number of para-hydroxylation sites is 1. The molecule has 39 heavy (non-hydrogen) atoms. The van der Waals surface area contributed by atoms with Gasteiger partial charge in [0.25, 0.3) is 5.91 Å². The summed E-state index contributed by atoms with van der Waals surface area (Å²) in [6, 6.07) is 21.5. The molecule has 2 aliphatic heterocycles. The van der Waals surface area contributed by atoms with Gasteiger partial charge in [-0.3, -0.25) is 10.2 Å². The first-order valence-electron chi connectivity index (χ1n) is 12.4. The van der Waals surface area contributed by atoms with Gasteiger partial charge in [-0.2, -0.15) is 15.1 Å². The van der Waals surface area contributed by atoms with Crippen molar-refractivity contribution in [3.8, 4) is 5.75 Å². The number of aliphatic imine (C=N–C) groups is 1. The zero-order chi connectivity index (χ0) is 27.1. The number of aromatic nitrogens is 1. The van der Waals surface area contributed by atoms with Crippen molar-refractivity contribution < 1.29 is 9.53 Å². The lowest BCUT2D eigenvalue weighted by atomic mass is 10.1. The van der Waals surface area contributed by atoms with Crippen molar-refractivity contribution in [1.29, 1.82) is 5.41 Å². The van der Waals surface area contributed by atoms with Crippen LogP contribution in [0.3, 0.4) is 0 Å². The van der Waals surface area contributed by atoms with Gasteiger partial charge in [0.15, 0.2) is 5.84 Å². The number of halogens is 1. The third-order valence-electron chi connectivity index (χ3n) is 6.60. The number of hydrazone groups is 1. The average Bonchev–Trinajstić information content (AvgIpc) is 3.50. The number of ether oxygens (including phenoxy) is 1. The monoisotopic (exact) mass is 553 g/mol. The Morgan fingerprint density at radius 2 is 1.87 bits per heavy atom. The van der Waals surface area contributed by atoms with Crippen LogP contribution in [0.15, 0.2) is 88.6 Å². The number of amidine groups is 2. The van der Waals surface area contributed by atoms with E-state index >= 15 is 0 Å². The van der Waals surface area contributed by atoms with Gasteiger partial charge in [-0.15, -0.1) is 0 Å². The molecule has 6 rings (SSSR count). The molecule has 0 unspecified atom stereocenters. The number of hydrogen-bond donors (Lipinski definition) is 1. The third kappa shape index (κ3) is 4.77. The Hall–Kier alpha value is -4.14. The molecule has 0 saturated carbocycles. The summed E-state index contributed by atoms with van der Waals surface area (Å²) in [5.74, 6) is 0.383. The number of rotatable bonds is 6. The van der Waals surface area contributed by atoms with Crippen molar-refractivity contribution in [1.82, 2.24) is 9.58 Å². The van der Waals surface area contributed by atoms with E-state index in [1.807, 2.05) is 67.7 Å². The molecule has 4 aromatic rings. The van der Waals surface area contributed by atoms with Crippen LogP contribution >= 0.6 is 23.4 Å². The topological polar surface area (TPSA) is 83.0 Å². The quantitative estimate of drug-likeness (QED) is 0.271. The molecular weight excluding hydrogens is 530 g/mol. The normalized spacial score (nSPS) is 16.1. The van der Waals surface area contributed by atoms with E-state index in [4.69, 9.17) is 21.7 Å². The minimum Gasteiger partial charge on any atom is -0.491 e. The van der Waals surface area contributed by atoms with Gasteiger partial charge in [-0.05, 0) is 55.4 Å². The average molecular weight is 554 g/mol. The molecule has 0 saturated heterocycles. The molecule has 1 N–H and O–H groups in total. The van der Waals surface area contributed by atoms with E-state index in [1.165, 1.54) is 22.3 Å². The summed E-state index contributed by atoms with van der Waals surface area (Å²) in [5, 5.41) is 17.2. The molecule has 0 fully saturated rings.